The number of methoxy groups -OCH3 is 2. The standard InChI is InChI=1S/C47H52N8O8/c1-24(2)40(52-46(58)60-5)44(56)54-20-25(3)12-34(54)42-48-18-32(50-42)28-14-30-22-63-37-17-29(15-31-23-62-36(16-28)38(30)39(31)37)33-19-49-43(51-33)35-13-26(4)21-55(35)45(57)41(53-47(59)61-6)27-10-8-7-9-11-27/h7-11,14-19,24-26,34-35,40-41H,12-13,20-23H2,1-6H3,(H,48,50)(H,49,51)(H,52,58)(H,53,59)/t25-,26-,34-,35-,40?,41?/m0/s1. The Kier molecular flexibility index (Phi) is 11.1. The molecule has 0 bridgehead atoms. The number of nitrogens with one attached hydrogen (secondary N) is 4. The molecule has 2 saturated heterocycles. The lowest BCUT2D eigenvalue weighted by Gasteiger charge is -2.30. The van der Waals surface area contributed by atoms with Gasteiger partial charge in [-0.3, -0.25) is 9.59 Å². The summed E-state index contributed by atoms with van der Waals surface area (Å²) in [7, 11) is 2.57. The predicted molar refractivity (Wildman–Crippen MR) is 231 cm³/mol. The summed E-state index contributed by atoms with van der Waals surface area (Å²) in [5.41, 5.74) is 7.98. The summed E-state index contributed by atoms with van der Waals surface area (Å²) in [6.07, 6.45) is 3.70. The maximum atomic E-state index is 14.2. The van der Waals surface area contributed by atoms with E-state index in [1.807, 2.05) is 61.2 Å². The summed E-state index contributed by atoms with van der Waals surface area (Å²) < 4.78 is 22.6. The highest BCUT2D eigenvalue weighted by molar-refractivity contribution is 5.90. The van der Waals surface area contributed by atoms with Crippen LogP contribution in [0, 0.1) is 17.8 Å². The first-order valence-electron chi connectivity index (χ1n) is 21.5. The molecule has 0 spiro atoms. The van der Waals surface area contributed by atoms with Gasteiger partial charge in [0.05, 0.1) is 50.1 Å². The van der Waals surface area contributed by atoms with E-state index in [1.54, 1.807) is 17.3 Å². The summed E-state index contributed by atoms with van der Waals surface area (Å²) in [5.74, 6) is 2.77. The Bertz CT molecular complexity index is 2520. The molecule has 4 aliphatic rings. The minimum Gasteiger partial charge on any atom is -0.488 e. The molecule has 0 radical (unpaired) electrons. The number of imidazole rings is 2. The van der Waals surface area contributed by atoms with Gasteiger partial charge in [0.1, 0.15) is 48.4 Å². The van der Waals surface area contributed by atoms with Crippen LogP contribution in [0.3, 0.4) is 0 Å². The molecule has 0 saturated carbocycles. The summed E-state index contributed by atoms with van der Waals surface area (Å²) in [4.78, 5) is 72.7. The highest BCUT2D eigenvalue weighted by Crippen LogP contribution is 2.51. The fourth-order valence-corrected chi connectivity index (χ4v) is 9.55. The molecule has 4 amide bonds. The Balaban J connectivity index is 0.954. The van der Waals surface area contributed by atoms with E-state index < -0.39 is 24.3 Å². The van der Waals surface area contributed by atoms with Crippen LogP contribution in [0.4, 0.5) is 9.59 Å². The third kappa shape index (κ3) is 7.82. The number of aromatic nitrogens is 4. The lowest BCUT2D eigenvalue weighted by molar-refractivity contribution is -0.136. The van der Waals surface area contributed by atoms with Gasteiger partial charge < -0.3 is 49.3 Å². The van der Waals surface area contributed by atoms with Crippen molar-refractivity contribution in [2.45, 2.75) is 77.9 Å². The molecular formula is C47H52N8O8. The van der Waals surface area contributed by atoms with Gasteiger partial charge >= 0.3 is 12.2 Å². The number of nitrogens with zero attached hydrogens (tertiary/aromatic N) is 4. The summed E-state index contributed by atoms with van der Waals surface area (Å²) in [5, 5.41) is 5.45. The van der Waals surface area contributed by atoms with Gasteiger partial charge in [-0.2, -0.15) is 0 Å². The number of likely N-dealkylation sites (tertiary alicyclic amines) is 2. The molecule has 16 heteroatoms. The van der Waals surface area contributed by atoms with Gasteiger partial charge in [-0.05, 0) is 60.4 Å². The molecule has 63 heavy (non-hydrogen) atoms. The third-order valence-electron chi connectivity index (χ3n) is 12.6. The van der Waals surface area contributed by atoms with E-state index in [2.05, 4.69) is 46.6 Å². The second-order valence-corrected chi connectivity index (χ2v) is 17.5. The molecule has 328 valence electrons. The first kappa shape index (κ1) is 41.5. The molecule has 4 N–H and O–H groups in total. The number of ether oxygens (including phenoxy) is 4. The van der Waals surface area contributed by atoms with Crippen molar-refractivity contribution in [3.8, 4) is 45.1 Å². The Labute approximate surface area is 365 Å². The Morgan fingerprint density at radius 2 is 1.21 bits per heavy atom. The zero-order chi connectivity index (χ0) is 44.1. The van der Waals surface area contributed by atoms with Crippen LogP contribution >= 0.6 is 0 Å². The normalized spacial score (nSPS) is 20.6. The average molecular weight is 857 g/mol. The molecule has 2 unspecified atom stereocenters. The Hall–Kier alpha value is -6.84. The van der Waals surface area contributed by atoms with E-state index in [-0.39, 0.29) is 41.7 Å². The molecule has 5 aromatic rings. The topological polar surface area (TPSA) is 193 Å². The summed E-state index contributed by atoms with van der Waals surface area (Å²) in [6.45, 7) is 9.74. The second kappa shape index (κ2) is 16.8. The molecule has 6 atom stereocenters. The maximum Gasteiger partial charge on any atom is 0.407 e. The van der Waals surface area contributed by atoms with Gasteiger partial charge in [0.2, 0.25) is 5.91 Å². The minimum absolute atomic E-state index is 0.139. The van der Waals surface area contributed by atoms with Crippen LogP contribution in [0.2, 0.25) is 0 Å². The molecular weight excluding hydrogens is 805 g/mol. The van der Waals surface area contributed by atoms with Crippen LogP contribution in [0.25, 0.3) is 33.6 Å². The monoisotopic (exact) mass is 856 g/mol. The van der Waals surface area contributed by atoms with Gasteiger partial charge in [-0.1, -0.05) is 58.0 Å². The fourth-order valence-electron chi connectivity index (χ4n) is 9.55. The zero-order valence-electron chi connectivity index (χ0n) is 36.2. The van der Waals surface area contributed by atoms with E-state index in [1.165, 1.54) is 14.2 Å². The highest BCUT2D eigenvalue weighted by Gasteiger charge is 2.42. The fraction of sp³-hybridized carbons (Fsp3) is 0.404. The van der Waals surface area contributed by atoms with Crippen molar-refractivity contribution in [1.82, 2.24) is 40.4 Å². The van der Waals surface area contributed by atoms with Crippen LogP contribution in [-0.4, -0.2) is 87.1 Å². The van der Waals surface area contributed by atoms with Crippen molar-refractivity contribution >= 4 is 24.0 Å². The molecule has 2 aromatic heterocycles. The van der Waals surface area contributed by atoms with Crippen LogP contribution in [0.15, 0.2) is 67.0 Å². The van der Waals surface area contributed by atoms with Crippen molar-refractivity contribution < 1.29 is 38.1 Å². The van der Waals surface area contributed by atoms with Gasteiger partial charge in [-0.15, -0.1) is 0 Å². The number of alkyl carbamates (subject to hydrolysis) is 2. The second-order valence-electron chi connectivity index (χ2n) is 17.5. The van der Waals surface area contributed by atoms with Gasteiger partial charge in [0.15, 0.2) is 0 Å². The first-order chi connectivity index (χ1) is 30.4. The van der Waals surface area contributed by atoms with Crippen LogP contribution in [-0.2, 0) is 32.3 Å². The largest absolute Gasteiger partial charge is 0.488 e. The molecule has 0 aliphatic carbocycles. The average Bonchev–Trinajstić information content (AvgIpc) is 4.13. The van der Waals surface area contributed by atoms with Gasteiger partial charge in [0.25, 0.3) is 5.91 Å². The predicted octanol–water partition coefficient (Wildman–Crippen LogP) is 7.22. The van der Waals surface area contributed by atoms with E-state index in [0.717, 1.165) is 62.7 Å². The summed E-state index contributed by atoms with van der Waals surface area (Å²) in [6, 6.07) is 15.2. The van der Waals surface area contributed by atoms with Crippen LogP contribution in [0.1, 0.15) is 87.0 Å². The third-order valence-corrected chi connectivity index (χ3v) is 12.6. The number of aromatic amines is 2. The quantitative estimate of drug-likeness (QED) is 0.112. The minimum atomic E-state index is -0.918. The van der Waals surface area contributed by atoms with Crippen LogP contribution < -0.4 is 20.1 Å². The molecule has 16 nitrogen and oxygen atoms in total. The number of rotatable bonds is 10. The number of amides is 4. The SMILES string of the molecule is COC(=O)NC(C(=O)N1C[C@@H](C)C[C@H]1c1ncc(-c2cc3c4c(c2)OCc2cc(-c5cnc([C@@H]6C[C@H](C)CN6C(=O)C(NC(=O)OC)C(C)C)[nH]5)cc(c2-4)OC3)[nH]1)c1ccccc1. The number of hydrogen-bond acceptors (Lipinski definition) is 10. The van der Waals surface area contributed by atoms with Gasteiger partial charge in [-0.25, -0.2) is 19.6 Å². The van der Waals surface area contributed by atoms with Crippen LogP contribution in [0.5, 0.6) is 11.5 Å². The zero-order valence-corrected chi connectivity index (χ0v) is 36.2. The number of carbonyl (C=O) groups excluding carboxylic acids is 4. The highest BCUT2D eigenvalue weighted by atomic mass is 16.5. The number of benzene rings is 3. The lowest BCUT2D eigenvalue weighted by Crippen LogP contribution is -2.51. The first-order valence-corrected chi connectivity index (χ1v) is 21.5. The number of hydrogen-bond donors (Lipinski definition) is 4. The van der Waals surface area contributed by atoms with Crippen molar-refractivity contribution in [3.63, 3.8) is 0 Å². The molecule has 2 fully saturated rings. The van der Waals surface area contributed by atoms with E-state index in [4.69, 9.17) is 28.9 Å². The Morgan fingerprint density at radius 3 is 1.70 bits per heavy atom. The molecule has 4 aliphatic heterocycles. The number of H-pyrrole nitrogens is 2. The van der Waals surface area contributed by atoms with Crippen molar-refractivity contribution in [3.05, 3.63) is 95.3 Å². The van der Waals surface area contributed by atoms with E-state index in [9.17, 15) is 19.2 Å². The number of carbonyl (C=O) groups is 4. The lowest BCUT2D eigenvalue weighted by atomic mass is 9.87. The molecule has 6 heterocycles. The van der Waals surface area contributed by atoms with E-state index >= 15 is 0 Å². The van der Waals surface area contributed by atoms with E-state index in [0.29, 0.717) is 49.9 Å². The smallest absolute Gasteiger partial charge is 0.407 e. The molecule has 3 aromatic carbocycles. The van der Waals surface area contributed by atoms with Crippen molar-refractivity contribution in [2.24, 2.45) is 17.8 Å². The Morgan fingerprint density at radius 1 is 0.714 bits per heavy atom. The van der Waals surface area contributed by atoms with Crippen molar-refractivity contribution in [1.29, 1.82) is 0 Å². The summed E-state index contributed by atoms with van der Waals surface area (Å²) >= 11 is 0. The maximum absolute atomic E-state index is 14.2. The van der Waals surface area contributed by atoms with Crippen molar-refractivity contribution in [2.75, 3.05) is 27.3 Å². The molecule has 9 rings (SSSR count). The van der Waals surface area contributed by atoms with Gasteiger partial charge in [0, 0.05) is 46.5 Å².